The van der Waals surface area contributed by atoms with Crippen molar-refractivity contribution in [2.24, 2.45) is 0 Å². The zero-order valence-electron chi connectivity index (χ0n) is 14.5. The van der Waals surface area contributed by atoms with Crippen molar-refractivity contribution in [1.82, 2.24) is 0 Å². The Morgan fingerprint density at radius 2 is 2.00 bits per heavy atom. The van der Waals surface area contributed by atoms with Crippen molar-refractivity contribution in [2.45, 2.75) is 19.6 Å². The maximum Gasteiger partial charge on any atom is 0.268 e. The molecule has 2 amide bonds. The number of hydrogen-bond acceptors (Lipinski definition) is 4. The summed E-state index contributed by atoms with van der Waals surface area (Å²) in [5, 5.41) is 2.70. The third-order valence-electron chi connectivity index (χ3n) is 3.98. The van der Waals surface area contributed by atoms with Crippen LogP contribution in [0.15, 0.2) is 42.5 Å². The average Bonchev–Trinajstić information content (AvgIpc) is 2.61. The molecule has 1 heterocycles. The van der Waals surface area contributed by atoms with Crippen molar-refractivity contribution >= 4 is 23.2 Å². The van der Waals surface area contributed by atoms with Crippen molar-refractivity contribution in [3.8, 4) is 5.75 Å². The van der Waals surface area contributed by atoms with Gasteiger partial charge < -0.3 is 19.7 Å². The minimum atomic E-state index is -0.628. The van der Waals surface area contributed by atoms with Crippen LogP contribution in [0.1, 0.15) is 12.5 Å². The molecule has 136 valence electrons. The summed E-state index contributed by atoms with van der Waals surface area (Å²) in [5.74, 6) is -0.293. The molecule has 1 aliphatic rings. The summed E-state index contributed by atoms with van der Waals surface area (Å²) in [6.45, 7) is 1.88. The standard InChI is InChI=1S/C19H19FN2O4/c1-12-19(24)22(10-13-3-5-14(20)6-4-13)16-9-15(7-8-17(16)26-12)21-18(23)11-25-2/h3-9,12H,10-11H2,1-2H3,(H,21,23)/t12-/m1/s1. The average molecular weight is 358 g/mol. The summed E-state index contributed by atoms with van der Waals surface area (Å²) in [4.78, 5) is 25.9. The lowest BCUT2D eigenvalue weighted by Gasteiger charge is -2.33. The molecule has 0 unspecified atom stereocenters. The molecule has 0 aliphatic carbocycles. The molecule has 0 fully saturated rings. The number of hydrogen-bond donors (Lipinski definition) is 1. The first-order valence-electron chi connectivity index (χ1n) is 8.13. The largest absolute Gasteiger partial charge is 0.479 e. The van der Waals surface area contributed by atoms with Crippen molar-refractivity contribution in [3.63, 3.8) is 0 Å². The highest BCUT2D eigenvalue weighted by atomic mass is 19.1. The topological polar surface area (TPSA) is 67.9 Å². The van der Waals surface area contributed by atoms with Gasteiger partial charge >= 0.3 is 0 Å². The number of benzene rings is 2. The van der Waals surface area contributed by atoms with E-state index in [2.05, 4.69) is 5.32 Å². The van der Waals surface area contributed by atoms with E-state index in [1.165, 1.54) is 19.2 Å². The molecule has 6 nitrogen and oxygen atoms in total. The molecule has 2 aromatic carbocycles. The number of methoxy groups -OCH3 is 1. The van der Waals surface area contributed by atoms with Gasteiger partial charge in [0.05, 0.1) is 12.2 Å². The minimum Gasteiger partial charge on any atom is -0.479 e. The van der Waals surface area contributed by atoms with Crippen LogP contribution >= 0.6 is 0 Å². The fourth-order valence-electron chi connectivity index (χ4n) is 2.75. The fraction of sp³-hybridized carbons (Fsp3) is 0.263. The minimum absolute atomic E-state index is 0.0666. The molecule has 0 bridgehead atoms. The molecule has 7 heteroatoms. The molecule has 26 heavy (non-hydrogen) atoms. The number of rotatable bonds is 5. The number of halogens is 1. The number of nitrogens with zero attached hydrogens (tertiary/aromatic N) is 1. The quantitative estimate of drug-likeness (QED) is 0.892. The van der Waals surface area contributed by atoms with Crippen molar-refractivity contribution in [1.29, 1.82) is 0 Å². The van der Waals surface area contributed by atoms with Gasteiger partial charge in [-0.1, -0.05) is 12.1 Å². The monoisotopic (exact) mass is 358 g/mol. The Labute approximate surface area is 150 Å². The van der Waals surface area contributed by atoms with Crippen molar-refractivity contribution < 1.29 is 23.5 Å². The van der Waals surface area contributed by atoms with Crippen LogP contribution in [0.4, 0.5) is 15.8 Å². The predicted molar refractivity (Wildman–Crippen MR) is 94.6 cm³/mol. The Hall–Kier alpha value is -2.93. The van der Waals surface area contributed by atoms with Gasteiger partial charge in [0.15, 0.2) is 6.10 Å². The van der Waals surface area contributed by atoms with E-state index in [0.29, 0.717) is 17.1 Å². The maximum absolute atomic E-state index is 13.1. The van der Waals surface area contributed by atoms with Crippen LogP contribution in [-0.4, -0.2) is 31.6 Å². The van der Waals surface area contributed by atoms with E-state index in [-0.39, 0.29) is 30.8 Å². The van der Waals surface area contributed by atoms with Gasteiger partial charge in [-0.2, -0.15) is 0 Å². The SMILES string of the molecule is COCC(=O)Nc1ccc2c(c1)N(Cc1ccc(F)cc1)C(=O)[C@@H](C)O2. The van der Waals surface area contributed by atoms with E-state index in [4.69, 9.17) is 9.47 Å². The molecule has 1 aliphatic heterocycles. The zero-order valence-corrected chi connectivity index (χ0v) is 14.5. The lowest BCUT2D eigenvalue weighted by Crippen LogP contribution is -2.44. The van der Waals surface area contributed by atoms with Crippen LogP contribution < -0.4 is 15.0 Å². The van der Waals surface area contributed by atoms with E-state index in [1.807, 2.05) is 0 Å². The van der Waals surface area contributed by atoms with Gasteiger partial charge in [0.1, 0.15) is 18.2 Å². The molecule has 0 aromatic heterocycles. The lowest BCUT2D eigenvalue weighted by molar-refractivity contribution is -0.125. The number of anilines is 2. The van der Waals surface area contributed by atoms with Crippen LogP contribution in [0.3, 0.4) is 0 Å². The Morgan fingerprint density at radius 3 is 2.69 bits per heavy atom. The summed E-state index contributed by atoms with van der Waals surface area (Å²) in [6.07, 6.45) is -0.628. The highest BCUT2D eigenvalue weighted by Gasteiger charge is 2.31. The number of ether oxygens (including phenoxy) is 2. The van der Waals surface area contributed by atoms with E-state index in [1.54, 1.807) is 42.2 Å². The van der Waals surface area contributed by atoms with Crippen LogP contribution in [0, 0.1) is 5.82 Å². The molecule has 0 radical (unpaired) electrons. The Morgan fingerprint density at radius 1 is 1.27 bits per heavy atom. The second-order valence-corrected chi connectivity index (χ2v) is 5.97. The third kappa shape index (κ3) is 3.83. The van der Waals surface area contributed by atoms with Crippen LogP contribution in [0.5, 0.6) is 5.75 Å². The van der Waals surface area contributed by atoms with Gasteiger partial charge in [0, 0.05) is 12.8 Å². The molecule has 0 saturated heterocycles. The second-order valence-electron chi connectivity index (χ2n) is 5.97. The van der Waals surface area contributed by atoms with E-state index in [0.717, 1.165) is 5.56 Å². The maximum atomic E-state index is 13.1. The van der Waals surface area contributed by atoms with Gasteiger partial charge in [0.2, 0.25) is 5.91 Å². The normalized spacial score (nSPS) is 16.0. The van der Waals surface area contributed by atoms with Gasteiger partial charge in [-0.15, -0.1) is 0 Å². The van der Waals surface area contributed by atoms with Crippen LogP contribution in [0.25, 0.3) is 0 Å². The number of nitrogens with one attached hydrogen (secondary N) is 1. The molecule has 2 aromatic rings. The first-order valence-corrected chi connectivity index (χ1v) is 8.13. The molecular formula is C19H19FN2O4. The van der Waals surface area contributed by atoms with Crippen molar-refractivity contribution in [2.75, 3.05) is 23.9 Å². The molecule has 0 saturated carbocycles. The molecule has 1 N–H and O–H groups in total. The summed E-state index contributed by atoms with van der Waals surface area (Å²) in [6, 6.07) is 11.1. The predicted octanol–water partition coefficient (Wildman–Crippen LogP) is 2.72. The Kier molecular flexibility index (Phi) is 5.18. The summed E-state index contributed by atoms with van der Waals surface area (Å²) in [7, 11) is 1.44. The fourth-order valence-corrected chi connectivity index (χ4v) is 2.75. The van der Waals surface area contributed by atoms with Crippen molar-refractivity contribution in [3.05, 3.63) is 53.8 Å². The third-order valence-corrected chi connectivity index (χ3v) is 3.98. The van der Waals surface area contributed by atoms with E-state index < -0.39 is 6.10 Å². The second kappa shape index (κ2) is 7.53. The number of carbonyl (C=O) groups is 2. The van der Waals surface area contributed by atoms with E-state index >= 15 is 0 Å². The van der Waals surface area contributed by atoms with Gasteiger partial charge in [0.25, 0.3) is 5.91 Å². The van der Waals surface area contributed by atoms with Crippen LogP contribution in [-0.2, 0) is 20.9 Å². The molecule has 1 atom stereocenters. The highest BCUT2D eigenvalue weighted by molar-refractivity contribution is 6.01. The molecule has 0 spiro atoms. The number of fused-ring (bicyclic) bond motifs is 1. The number of carbonyl (C=O) groups excluding carboxylic acids is 2. The Balaban J connectivity index is 1.90. The van der Waals surface area contributed by atoms with Crippen LogP contribution in [0.2, 0.25) is 0 Å². The van der Waals surface area contributed by atoms with E-state index in [9.17, 15) is 14.0 Å². The summed E-state index contributed by atoms with van der Waals surface area (Å²) >= 11 is 0. The number of amides is 2. The summed E-state index contributed by atoms with van der Waals surface area (Å²) < 4.78 is 23.6. The highest BCUT2D eigenvalue weighted by Crippen LogP contribution is 2.37. The summed E-state index contributed by atoms with van der Waals surface area (Å²) in [5.41, 5.74) is 1.86. The Bertz CT molecular complexity index is 823. The molecular weight excluding hydrogens is 339 g/mol. The molecule has 3 rings (SSSR count). The first-order chi connectivity index (χ1) is 12.5. The van der Waals surface area contributed by atoms with Gasteiger partial charge in [-0.3, -0.25) is 9.59 Å². The zero-order chi connectivity index (χ0) is 18.7. The van der Waals surface area contributed by atoms with Gasteiger partial charge in [-0.05, 0) is 42.8 Å². The first kappa shape index (κ1) is 17.9. The smallest absolute Gasteiger partial charge is 0.268 e. The lowest BCUT2D eigenvalue weighted by atomic mass is 10.1. The van der Waals surface area contributed by atoms with Gasteiger partial charge in [-0.25, -0.2) is 4.39 Å².